The number of nitrogens with zero attached hydrogens (tertiary/aromatic N) is 5. The van der Waals surface area contributed by atoms with E-state index in [0.717, 1.165) is 62.3 Å². The van der Waals surface area contributed by atoms with Gasteiger partial charge in [-0.2, -0.15) is 0 Å². The van der Waals surface area contributed by atoms with Crippen LogP contribution in [0.5, 0.6) is 0 Å². The van der Waals surface area contributed by atoms with Crippen LogP contribution in [0.2, 0.25) is 0 Å². The lowest BCUT2D eigenvalue weighted by Crippen LogP contribution is -2.52. The second-order valence-electron chi connectivity index (χ2n) is 7.19. The van der Waals surface area contributed by atoms with E-state index >= 15 is 0 Å². The van der Waals surface area contributed by atoms with Gasteiger partial charge in [0.1, 0.15) is 0 Å². The maximum absolute atomic E-state index is 11.8. The minimum Gasteiger partial charge on any atom is -0.357 e. The Kier molecular flexibility index (Phi) is 10.5. The Morgan fingerprint density at radius 3 is 2.52 bits per heavy atom. The number of piperazine rings is 1. The third kappa shape index (κ3) is 7.64. The normalized spacial score (nSPS) is 14.1. The number of nitrogens with one attached hydrogen (secondary N) is 2. The highest BCUT2D eigenvalue weighted by Crippen LogP contribution is 2.14. The van der Waals surface area contributed by atoms with Crippen LogP contribution in [0, 0.1) is 0 Å². The summed E-state index contributed by atoms with van der Waals surface area (Å²) in [5.41, 5.74) is 1.89. The van der Waals surface area contributed by atoms with Crippen molar-refractivity contribution in [2.45, 2.75) is 33.2 Å². The van der Waals surface area contributed by atoms with E-state index in [1.165, 1.54) is 0 Å². The molecule has 168 valence electrons. The SMILES string of the molecule is CCCC(=O)Nc1cccc(CN=C(NCC)N2CCN(c3ncccn3)CC2)c1.I. The van der Waals surface area contributed by atoms with E-state index in [1.807, 2.05) is 37.3 Å². The number of hydrogen-bond acceptors (Lipinski definition) is 5. The molecule has 0 bridgehead atoms. The number of rotatable bonds is 7. The number of carbonyl (C=O) groups excluding carboxylic acids is 1. The molecule has 9 heteroatoms. The lowest BCUT2D eigenvalue weighted by atomic mass is 10.2. The van der Waals surface area contributed by atoms with E-state index < -0.39 is 0 Å². The largest absolute Gasteiger partial charge is 0.357 e. The van der Waals surface area contributed by atoms with Crippen molar-refractivity contribution in [2.24, 2.45) is 4.99 Å². The van der Waals surface area contributed by atoms with Crippen LogP contribution in [-0.2, 0) is 11.3 Å². The summed E-state index contributed by atoms with van der Waals surface area (Å²) in [7, 11) is 0. The average Bonchev–Trinajstić information content (AvgIpc) is 2.78. The van der Waals surface area contributed by atoms with E-state index in [9.17, 15) is 4.79 Å². The fraction of sp³-hybridized carbons (Fsp3) is 0.455. The smallest absolute Gasteiger partial charge is 0.225 e. The number of halogens is 1. The van der Waals surface area contributed by atoms with Gasteiger partial charge in [-0.25, -0.2) is 15.0 Å². The van der Waals surface area contributed by atoms with Crippen molar-refractivity contribution in [1.82, 2.24) is 20.2 Å². The zero-order valence-electron chi connectivity index (χ0n) is 18.3. The molecule has 0 saturated carbocycles. The predicted molar refractivity (Wildman–Crippen MR) is 136 cm³/mol. The molecule has 1 aromatic carbocycles. The molecule has 31 heavy (non-hydrogen) atoms. The molecule has 3 rings (SSSR count). The Morgan fingerprint density at radius 1 is 1.10 bits per heavy atom. The number of aliphatic imine (C=N–C) groups is 1. The summed E-state index contributed by atoms with van der Waals surface area (Å²) in [6.45, 7) is 8.87. The molecule has 0 radical (unpaired) electrons. The minimum atomic E-state index is 0. The van der Waals surface area contributed by atoms with Gasteiger partial charge in [-0.15, -0.1) is 24.0 Å². The predicted octanol–water partition coefficient (Wildman–Crippen LogP) is 3.12. The number of amides is 1. The fourth-order valence-electron chi connectivity index (χ4n) is 3.36. The van der Waals surface area contributed by atoms with Gasteiger partial charge in [0.2, 0.25) is 11.9 Å². The van der Waals surface area contributed by atoms with Crippen LogP contribution in [0.4, 0.5) is 11.6 Å². The summed E-state index contributed by atoms with van der Waals surface area (Å²) in [6.07, 6.45) is 4.93. The third-order valence-corrected chi connectivity index (χ3v) is 4.85. The molecule has 2 N–H and O–H groups in total. The first-order chi connectivity index (χ1) is 14.7. The van der Waals surface area contributed by atoms with Crippen molar-refractivity contribution in [3.05, 3.63) is 48.3 Å². The second kappa shape index (κ2) is 13.1. The van der Waals surface area contributed by atoms with Gasteiger partial charge in [-0.1, -0.05) is 19.1 Å². The second-order valence-corrected chi connectivity index (χ2v) is 7.19. The third-order valence-electron chi connectivity index (χ3n) is 4.85. The molecule has 1 aliphatic heterocycles. The number of aromatic nitrogens is 2. The van der Waals surface area contributed by atoms with Crippen LogP contribution in [0.25, 0.3) is 0 Å². The summed E-state index contributed by atoms with van der Waals surface area (Å²) in [6, 6.07) is 9.73. The lowest BCUT2D eigenvalue weighted by Gasteiger charge is -2.36. The molecular weight excluding hydrogens is 505 g/mol. The molecule has 2 heterocycles. The molecule has 8 nitrogen and oxygen atoms in total. The highest BCUT2D eigenvalue weighted by atomic mass is 127. The van der Waals surface area contributed by atoms with Gasteiger partial charge >= 0.3 is 0 Å². The number of carbonyl (C=O) groups is 1. The van der Waals surface area contributed by atoms with Crippen LogP contribution < -0.4 is 15.5 Å². The van der Waals surface area contributed by atoms with Gasteiger partial charge in [0.25, 0.3) is 0 Å². The molecule has 0 spiro atoms. The Bertz CT molecular complexity index is 839. The van der Waals surface area contributed by atoms with Crippen molar-refractivity contribution < 1.29 is 4.79 Å². The van der Waals surface area contributed by atoms with Gasteiger partial charge < -0.3 is 20.4 Å². The monoisotopic (exact) mass is 537 g/mol. The van der Waals surface area contributed by atoms with Gasteiger partial charge in [-0.05, 0) is 37.1 Å². The Balaban J connectivity index is 0.00000341. The Labute approximate surface area is 201 Å². The lowest BCUT2D eigenvalue weighted by molar-refractivity contribution is -0.116. The van der Waals surface area contributed by atoms with E-state index in [2.05, 4.69) is 37.3 Å². The summed E-state index contributed by atoms with van der Waals surface area (Å²) in [5.74, 6) is 1.74. The van der Waals surface area contributed by atoms with Gasteiger partial charge in [-0.3, -0.25) is 4.79 Å². The number of benzene rings is 1. The maximum Gasteiger partial charge on any atom is 0.225 e. The Hall–Kier alpha value is -2.43. The summed E-state index contributed by atoms with van der Waals surface area (Å²) < 4.78 is 0. The summed E-state index contributed by atoms with van der Waals surface area (Å²) >= 11 is 0. The Morgan fingerprint density at radius 2 is 1.84 bits per heavy atom. The van der Waals surface area contributed by atoms with Crippen molar-refractivity contribution in [3.63, 3.8) is 0 Å². The highest BCUT2D eigenvalue weighted by molar-refractivity contribution is 14.0. The molecule has 0 aliphatic carbocycles. The molecule has 1 fully saturated rings. The first-order valence-electron chi connectivity index (χ1n) is 10.6. The summed E-state index contributed by atoms with van der Waals surface area (Å²) in [4.78, 5) is 29.8. The van der Waals surface area contributed by atoms with Crippen molar-refractivity contribution >= 4 is 47.5 Å². The van der Waals surface area contributed by atoms with Crippen LogP contribution in [0.1, 0.15) is 32.3 Å². The van der Waals surface area contributed by atoms with Crippen LogP contribution in [0.15, 0.2) is 47.7 Å². The number of hydrogen-bond donors (Lipinski definition) is 2. The minimum absolute atomic E-state index is 0. The molecule has 0 atom stereocenters. The zero-order valence-corrected chi connectivity index (χ0v) is 20.6. The quantitative estimate of drug-likeness (QED) is 0.321. The molecule has 1 amide bonds. The fourth-order valence-corrected chi connectivity index (χ4v) is 3.36. The van der Waals surface area contributed by atoms with E-state index in [0.29, 0.717) is 13.0 Å². The van der Waals surface area contributed by atoms with Crippen LogP contribution in [-0.4, -0.2) is 59.5 Å². The average molecular weight is 537 g/mol. The van der Waals surface area contributed by atoms with Gasteiger partial charge in [0, 0.05) is 57.2 Å². The van der Waals surface area contributed by atoms with Gasteiger partial charge in [0.05, 0.1) is 6.54 Å². The first-order valence-corrected chi connectivity index (χ1v) is 10.6. The first kappa shape index (κ1) is 24.8. The van der Waals surface area contributed by atoms with Crippen molar-refractivity contribution in [3.8, 4) is 0 Å². The van der Waals surface area contributed by atoms with E-state index in [1.54, 1.807) is 12.4 Å². The standard InChI is InChI=1S/C22H31N7O.HI/c1-3-7-20(30)27-19-9-5-8-18(16-19)17-26-21(23-4-2)28-12-14-29(15-13-28)22-24-10-6-11-25-22;/h5-6,8-11,16H,3-4,7,12-15,17H2,1-2H3,(H,23,26)(H,27,30);1H. The van der Waals surface area contributed by atoms with Crippen molar-refractivity contribution in [1.29, 1.82) is 0 Å². The molecule has 1 aliphatic rings. The number of anilines is 2. The van der Waals surface area contributed by atoms with Gasteiger partial charge in [0.15, 0.2) is 5.96 Å². The molecule has 1 aromatic heterocycles. The van der Waals surface area contributed by atoms with E-state index in [-0.39, 0.29) is 29.9 Å². The zero-order chi connectivity index (χ0) is 21.2. The van der Waals surface area contributed by atoms with Crippen LogP contribution >= 0.6 is 24.0 Å². The summed E-state index contributed by atoms with van der Waals surface area (Å²) in [5, 5.41) is 6.35. The highest BCUT2D eigenvalue weighted by Gasteiger charge is 2.21. The molecule has 1 saturated heterocycles. The molecule has 2 aromatic rings. The van der Waals surface area contributed by atoms with Crippen molar-refractivity contribution in [2.75, 3.05) is 42.9 Å². The van der Waals surface area contributed by atoms with Crippen LogP contribution in [0.3, 0.4) is 0 Å². The number of guanidine groups is 1. The topological polar surface area (TPSA) is 85.8 Å². The maximum atomic E-state index is 11.8. The molecule has 0 unspecified atom stereocenters. The molecular formula is C22H32IN7O. The van der Waals surface area contributed by atoms with E-state index in [4.69, 9.17) is 4.99 Å².